The molecule has 1 aromatic heterocycles. The van der Waals surface area contributed by atoms with Gasteiger partial charge in [-0.25, -0.2) is 0 Å². The predicted molar refractivity (Wildman–Crippen MR) is 74.4 cm³/mol. The van der Waals surface area contributed by atoms with Crippen LogP contribution in [-0.4, -0.2) is 22.0 Å². The number of carbonyl (C=O) groups is 2. The number of carboxylic acids is 1. The van der Waals surface area contributed by atoms with Gasteiger partial charge in [-0.2, -0.15) is 0 Å². The maximum atomic E-state index is 11.8. The monoisotopic (exact) mass is 270 g/mol. The van der Waals surface area contributed by atoms with E-state index in [0.717, 1.165) is 5.56 Å². The minimum Gasteiger partial charge on any atom is -0.481 e. The number of hydrogen-bond acceptors (Lipinski definition) is 3. The molecular formula is C15H14N2O3. The molecule has 5 nitrogen and oxygen atoms in total. The van der Waals surface area contributed by atoms with Gasteiger partial charge in [-0.1, -0.05) is 30.3 Å². The second-order valence-corrected chi connectivity index (χ2v) is 4.32. The highest BCUT2D eigenvalue weighted by molar-refractivity contribution is 5.92. The van der Waals surface area contributed by atoms with Gasteiger partial charge in [0.15, 0.2) is 0 Å². The molecule has 0 aliphatic carbocycles. The van der Waals surface area contributed by atoms with Crippen molar-refractivity contribution in [2.45, 2.75) is 12.8 Å². The van der Waals surface area contributed by atoms with Gasteiger partial charge >= 0.3 is 5.97 Å². The summed E-state index contributed by atoms with van der Waals surface area (Å²) in [6.45, 7) is 0. The Morgan fingerprint density at radius 3 is 2.40 bits per heavy atom. The van der Waals surface area contributed by atoms with E-state index < -0.39 is 5.97 Å². The molecule has 102 valence electrons. The third-order valence-corrected chi connectivity index (χ3v) is 2.65. The summed E-state index contributed by atoms with van der Waals surface area (Å²) >= 11 is 0. The molecule has 2 aromatic rings. The quantitative estimate of drug-likeness (QED) is 0.869. The number of aliphatic carboxylic acids is 1. The molecule has 0 saturated heterocycles. The van der Waals surface area contributed by atoms with E-state index in [-0.39, 0.29) is 18.7 Å². The molecule has 5 heteroatoms. The predicted octanol–water partition coefficient (Wildman–Crippen LogP) is 1.89. The molecule has 0 fully saturated rings. The highest BCUT2D eigenvalue weighted by atomic mass is 16.4. The number of aromatic nitrogens is 1. The number of anilines is 1. The molecule has 1 heterocycles. The first-order valence-corrected chi connectivity index (χ1v) is 6.14. The lowest BCUT2D eigenvalue weighted by molar-refractivity contribution is -0.136. The number of pyridine rings is 1. The van der Waals surface area contributed by atoms with Crippen LogP contribution in [0.25, 0.3) is 0 Å². The van der Waals surface area contributed by atoms with Gasteiger partial charge in [-0.15, -0.1) is 0 Å². The van der Waals surface area contributed by atoms with Crippen molar-refractivity contribution in [3.63, 3.8) is 0 Å². The summed E-state index contributed by atoms with van der Waals surface area (Å²) in [6.07, 6.45) is 1.62. The highest BCUT2D eigenvalue weighted by Gasteiger charge is 2.05. The van der Waals surface area contributed by atoms with Crippen LogP contribution in [-0.2, 0) is 22.4 Å². The lowest BCUT2D eigenvalue weighted by Gasteiger charge is -2.05. The summed E-state index contributed by atoms with van der Waals surface area (Å²) in [5.41, 5.74) is 1.94. The van der Waals surface area contributed by atoms with Crippen molar-refractivity contribution < 1.29 is 14.7 Å². The van der Waals surface area contributed by atoms with Gasteiger partial charge in [0.2, 0.25) is 5.91 Å². The smallest absolute Gasteiger partial charge is 0.309 e. The van der Waals surface area contributed by atoms with Crippen LogP contribution in [0, 0.1) is 0 Å². The average molecular weight is 270 g/mol. The summed E-state index contributed by atoms with van der Waals surface area (Å²) in [4.78, 5) is 26.3. The Hall–Kier alpha value is -2.69. The number of benzene rings is 1. The molecule has 0 aliphatic heterocycles. The largest absolute Gasteiger partial charge is 0.481 e. The molecule has 2 N–H and O–H groups in total. The van der Waals surface area contributed by atoms with Gasteiger partial charge in [-0.3, -0.25) is 14.6 Å². The Morgan fingerprint density at radius 2 is 1.80 bits per heavy atom. The van der Waals surface area contributed by atoms with Crippen LogP contribution in [0.1, 0.15) is 11.3 Å². The molecule has 2 rings (SSSR count). The van der Waals surface area contributed by atoms with E-state index in [9.17, 15) is 9.59 Å². The first kappa shape index (κ1) is 13.7. The van der Waals surface area contributed by atoms with Crippen molar-refractivity contribution in [3.8, 4) is 0 Å². The van der Waals surface area contributed by atoms with Gasteiger partial charge in [0.05, 0.1) is 30.4 Å². The highest BCUT2D eigenvalue weighted by Crippen LogP contribution is 2.08. The minimum atomic E-state index is -0.932. The Labute approximate surface area is 116 Å². The number of carbonyl (C=O) groups excluding carboxylic acids is 1. The molecule has 1 amide bonds. The topological polar surface area (TPSA) is 79.3 Å². The van der Waals surface area contributed by atoms with Crippen molar-refractivity contribution in [2.24, 2.45) is 0 Å². The fourth-order valence-electron chi connectivity index (χ4n) is 1.74. The molecule has 0 bridgehead atoms. The third-order valence-electron chi connectivity index (χ3n) is 2.65. The number of amides is 1. The second-order valence-electron chi connectivity index (χ2n) is 4.32. The standard InChI is InChI=1S/C15H14N2O3/c18-14(8-11-4-2-1-3-5-11)17-13-7-6-12(16-10-13)9-15(19)20/h1-7,10H,8-9H2,(H,17,18)(H,19,20). The summed E-state index contributed by atoms with van der Waals surface area (Å²) in [5.74, 6) is -1.07. The summed E-state index contributed by atoms with van der Waals surface area (Å²) in [5, 5.41) is 11.4. The lowest BCUT2D eigenvalue weighted by atomic mass is 10.1. The van der Waals surface area contributed by atoms with Crippen LogP contribution >= 0.6 is 0 Å². The molecule has 0 aliphatic rings. The maximum absolute atomic E-state index is 11.8. The Morgan fingerprint density at radius 1 is 1.05 bits per heavy atom. The SMILES string of the molecule is O=C(O)Cc1ccc(NC(=O)Cc2ccccc2)cn1. The van der Waals surface area contributed by atoms with E-state index in [1.54, 1.807) is 12.1 Å². The summed E-state index contributed by atoms with van der Waals surface area (Å²) in [6, 6.07) is 12.7. The first-order chi connectivity index (χ1) is 9.63. The van der Waals surface area contributed by atoms with Crippen LogP contribution in [0.5, 0.6) is 0 Å². The molecule has 0 unspecified atom stereocenters. The zero-order valence-corrected chi connectivity index (χ0v) is 10.7. The van der Waals surface area contributed by atoms with E-state index >= 15 is 0 Å². The molecule has 20 heavy (non-hydrogen) atoms. The zero-order chi connectivity index (χ0) is 14.4. The van der Waals surface area contributed by atoms with Gasteiger partial charge in [-0.05, 0) is 17.7 Å². The molecule has 1 aromatic carbocycles. The first-order valence-electron chi connectivity index (χ1n) is 6.14. The van der Waals surface area contributed by atoms with Crippen LogP contribution < -0.4 is 5.32 Å². The number of carboxylic acid groups (broad SMARTS) is 1. The van der Waals surface area contributed by atoms with Crippen molar-refractivity contribution in [1.82, 2.24) is 4.98 Å². The molecular weight excluding hydrogens is 256 g/mol. The molecule has 0 radical (unpaired) electrons. The van der Waals surface area contributed by atoms with Crippen molar-refractivity contribution in [2.75, 3.05) is 5.32 Å². The van der Waals surface area contributed by atoms with Crippen LogP contribution in [0.3, 0.4) is 0 Å². The Bertz CT molecular complexity index is 594. The van der Waals surface area contributed by atoms with Crippen LogP contribution in [0.15, 0.2) is 48.7 Å². The maximum Gasteiger partial charge on any atom is 0.309 e. The summed E-state index contributed by atoms with van der Waals surface area (Å²) in [7, 11) is 0. The normalized spacial score (nSPS) is 10.0. The number of hydrogen-bond donors (Lipinski definition) is 2. The second kappa shape index (κ2) is 6.47. The van der Waals surface area contributed by atoms with Crippen molar-refractivity contribution >= 4 is 17.6 Å². The van der Waals surface area contributed by atoms with Crippen molar-refractivity contribution in [3.05, 3.63) is 59.9 Å². The van der Waals surface area contributed by atoms with Crippen LogP contribution in [0.4, 0.5) is 5.69 Å². The lowest BCUT2D eigenvalue weighted by Crippen LogP contribution is -2.14. The Balaban J connectivity index is 1.93. The fraction of sp³-hybridized carbons (Fsp3) is 0.133. The summed E-state index contributed by atoms with van der Waals surface area (Å²) < 4.78 is 0. The van der Waals surface area contributed by atoms with Crippen LogP contribution in [0.2, 0.25) is 0 Å². The van der Waals surface area contributed by atoms with E-state index in [1.165, 1.54) is 6.20 Å². The van der Waals surface area contributed by atoms with E-state index in [0.29, 0.717) is 11.4 Å². The van der Waals surface area contributed by atoms with Gasteiger partial charge in [0.25, 0.3) is 0 Å². The average Bonchev–Trinajstić information content (AvgIpc) is 2.41. The zero-order valence-electron chi connectivity index (χ0n) is 10.7. The van der Waals surface area contributed by atoms with E-state index in [2.05, 4.69) is 10.3 Å². The van der Waals surface area contributed by atoms with Gasteiger partial charge in [0, 0.05) is 0 Å². The molecule has 0 atom stereocenters. The Kier molecular flexibility index (Phi) is 4.44. The number of nitrogens with zero attached hydrogens (tertiary/aromatic N) is 1. The number of rotatable bonds is 5. The van der Waals surface area contributed by atoms with Crippen molar-refractivity contribution in [1.29, 1.82) is 0 Å². The van der Waals surface area contributed by atoms with Gasteiger partial charge < -0.3 is 10.4 Å². The number of nitrogens with one attached hydrogen (secondary N) is 1. The third kappa shape index (κ3) is 4.20. The van der Waals surface area contributed by atoms with E-state index in [4.69, 9.17) is 5.11 Å². The van der Waals surface area contributed by atoms with Gasteiger partial charge in [0.1, 0.15) is 0 Å². The molecule has 0 spiro atoms. The minimum absolute atomic E-state index is 0.127. The fourth-order valence-corrected chi connectivity index (χ4v) is 1.74. The molecule has 0 saturated carbocycles. The van der Waals surface area contributed by atoms with E-state index in [1.807, 2.05) is 30.3 Å².